The van der Waals surface area contributed by atoms with Gasteiger partial charge in [0.2, 0.25) is 0 Å². The van der Waals surface area contributed by atoms with Gasteiger partial charge in [-0.1, -0.05) is 24.3 Å². The number of aromatic hydroxyl groups is 1. The number of likely N-dealkylation sites (N-methyl/N-ethyl adjacent to an activating group) is 1. The van der Waals surface area contributed by atoms with E-state index in [2.05, 4.69) is 6.07 Å². The van der Waals surface area contributed by atoms with Crippen molar-refractivity contribution in [3.63, 3.8) is 0 Å². The van der Waals surface area contributed by atoms with Crippen LogP contribution >= 0.6 is 0 Å². The van der Waals surface area contributed by atoms with Crippen molar-refractivity contribution in [2.24, 2.45) is 0 Å². The highest BCUT2D eigenvalue weighted by molar-refractivity contribution is 5.82. The maximum absolute atomic E-state index is 10.6. The van der Waals surface area contributed by atoms with E-state index in [0.29, 0.717) is 25.1 Å². The molecule has 1 heterocycles. The summed E-state index contributed by atoms with van der Waals surface area (Å²) >= 11 is 0. The lowest BCUT2D eigenvalue weighted by atomic mass is 9.77. The van der Waals surface area contributed by atoms with E-state index in [0.717, 1.165) is 22.3 Å². The van der Waals surface area contributed by atoms with Crippen LogP contribution in [0.1, 0.15) is 26.8 Å². The molecule has 1 atom stereocenters. The fraction of sp³-hybridized carbons (Fsp3) is 0.333. The molecule has 2 aromatic carbocycles. The average Bonchev–Trinajstić information content (AvgIpc) is 2.54. The van der Waals surface area contributed by atoms with Crippen molar-refractivity contribution in [1.82, 2.24) is 4.90 Å². The molecule has 0 saturated carbocycles. The van der Waals surface area contributed by atoms with Crippen molar-refractivity contribution in [3.05, 3.63) is 47.0 Å². The summed E-state index contributed by atoms with van der Waals surface area (Å²) in [6.07, 6.45) is 1.29. The van der Waals surface area contributed by atoms with E-state index in [-0.39, 0.29) is 11.8 Å². The molecular weight excluding hydrogens is 262 g/mol. The molecule has 108 valence electrons. The molecule has 0 unspecified atom stereocenters. The number of hydrogen-bond donors (Lipinski definition) is 1. The summed E-state index contributed by atoms with van der Waals surface area (Å²) < 4.78 is 28.9. The number of benzene rings is 2. The van der Waals surface area contributed by atoms with Crippen molar-refractivity contribution >= 4 is 0 Å². The van der Waals surface area contributed by atoms with Gasteiger partial charge in [-0.05, 0) is 48.1 Å². The number of ether oxygens (including phenoxy) is 1. The fourth-order valence-corrected chi connectivity index (χ4v) is 3.66. The highest BCUT2D eigenvalue weighted by Gasteiger charge is 2.34. The second-order valence-corrected chi connectivity index (χ2v) is 5.69. The van der Waals surface area contributed by atoms with Gasteiger partial charge in [0.25, 0.3) is 0 Å². The first-order chi connectivity index (χ1) is 11.4. The smallest absolute Gasteiger partial charge is 0.165 e. The van der Waals surface area contributed by atoms with Gasteiger partial charge in [-0.3, -0.25) is 4.90 Å². The molecule has 0 bridgehead atoms. The van der Waals surface area contributed by atoms with Gasteiger partial charge in [-0.2, -0.15) is 0 Å². The number of nitrogens with zero attached hydrogens (tertiary/aromatic N) is 1. The Bertz CT molecular complexity index is 817. The molecule has 4 rings (SSSR count). The topological polar surface area (TPSA) is 32.7 Å². The van der Waals surface area contributed by atoms with E-state index in [9.17, 15) is 5.11 Å². The zero-order valence-electron chi connectivity index (χ0n) is 14.9. The molecule has 2 aliphatic rings. The summed E-state index contributed by atoms with van der Waals surface area (Å²) in [7, 11) is 1.53. The molecule has 1 aliphatic heterocycles. The number of hydrogen-bond acceptors (Lipinski definition) is 3. The molecule has 0 spiro atoms. The van der Waals surface area contributed by atoms with Crippen molar-refractivity contribution in [1.29, 1.82) is 0 Å². The summed E-state index contributed by atoms with van der Waals surface area (Å²) in [4.78, 5) is 1.61. The van der Waals surface area contributed by atoms with Gasteiger partial charge in [0, 0.05) is 22.3 Å². The van der Waals surface area contributed by atoms with Crippen molar-refractivity contribution < 1.29 is 14.0 Å². The molecule has 0 fully saturated rings. The Morgan fingerprint density at radius 2 is 2.19 bits per heavy atom. The van der Waals surface area contributed by atoms with Gasteiger partial charge in [0.1, 0.15) is 0 Å². The van der Waals surface area contributed by atoms with E-state index < -0.39 is 6.98 Å². The predicted octanol–water partition coefficient (Wildman–Crippen LogP) is 3.15. The Morgan fingerprint density at radius 3 is 3.00 bits per heavy atom. The van der Waals surface area contributed by atoms with E-state index in [1.165, 1.54) is 12.7 Å². The van der Waals surface area contributed by atoms with Crippen LogP contribution in [0.4, 0.5) is 0 Å². The van der Waals surface area contributed by atoms with Crippen LogP contribution in [0, 0.1) is 0 Å². The maximum atomic E-state index is 10.6. The molecule has 0 radical (unpaired) electrons. The molecule has 1 aliphatic carbocycles. The van der Waals surface area contributed by atoms with Crippen LogP contribution in [0.3, 0.4) is 0 Å². The fourth-order valence-electron chi connectivity index (χ4n) is 3.66. The monoisotopic (exact) mass is 284 g/mol. The quantitative estimate of drug-likeness (QED) is 0.873. The molecule has 0 aromatic heterocycles. The van der Waals surface area contributed by atoms with Gasteiger partial charge in [-0.25, -0.2) is 0 Å². The lowest BCUT2D eigenvalue weighted by Crippen LogP contribution is -2.35. The van der Waals surface area contributed by atoms with E-state index in [1.807, 2.05) is 18.2 Å². The molecule has 0 amide bonds. The summed E-state index contributed by atoms with van der Waals surface area (Å²) in [6.45, 7) is -1.60. The minimum absolute atomic E-state index is 0.132. The molecule has 3 heteroatoms. The Labute approximate surface area is 129 Å². The Morgan fingerprint density at radius 1 is 1.29 bits per heavy atom. The maximum Gasteiger partial charge on any atom is 0.165 e. The van der Waals surface area contributed by atoms with Gasteiger partial charge < -0.3 is 9.84 Å². The second-order valence-electron chi connectivity index (χ2n) is 5.69. The van der Waals surface area contributed by atoms with Crippen molar-refractivity contribution in [2.75, 3.05) is 20.6 Å². The SMILES string of the molecule is [2H]C([2H])([2H])N1CCc2cccc3c2[C@H]1Cc1ccc(OC)c(O)c1-3. The largest absolute Gasteiger partial charge is 0.504 e. The van der Waals surface area contributed by atoms with Crippen molar-refractivity contribution in [2.45, 2.75) is 18.9 Å². The van der Waals surface area contributed by atoms with Crippen LogP contribution in [0.2, 0.25) is 0 Å². The third kappa shape index (κ3) is 1.70. The van der Waals surface area contributed by atoms with Gasteiger partial charge in [0.05, 0.1) is 7.11 Å². The number of phenolic OH excluding ortho intramolecular Hbond substituents is 1. The Hall–Kier alpha value is -2.00. The summed E-state index contributed by atoms with van der Waals surface area (Å²) in [6, 6.07) is 9.49. The highest BCUT2D eigenvalue weighted by atomic mass is 16.5. The first-order valence-corrected chi connectivity index (χ1v) is 7.19. The normalized spacial score (nSPS) is 22.5. The minimum Gasteiger partial charge on any atom is -0.504 e. The number of rotatable bonds is 1. The van der Waals surface area contributed by atoms with Gasteiger partial charge in [0.15, 0.2) is 11.5 Å². The Kier molecular flexibility index (Phi) is 2.11. The zero-order chi connectivity index (χ0) is 17.1. The lowest BCUT2D eigenvalue weighted by molar-refractivity contribution is 0.228. The second kappa shape index (κ2) is 4.50. The standard InChI is InChI=1S/C18H19NO2/c1-19-9-8-11-4-3-5-13-16(11)14(19)10-12-6-7-15(21-2)18(20)17(12)13/h3-7,14,20H,8-10H2,1-2H3/t14-/m1/s1/i1D3. The van der Waals surface area contributed by atoms with E-state index in [1.54, 1.807) is 11.0 Å². The van der Waals surface area contributed by atoms with Gasteiger partial charge in [-0.15, -0.1) is 0 Å². The van der Waals surface area contributed by atoms with Crippen LogP contribution < -0.4 is 4.74 Å². The van der Waals surface area contributed by atoms with E-state index in [4.69, 9.17) is 8.85 Å². The number of fused-ring (bicyclic) bond motifs is 2. The average molecular weight is 284 g/mol. The molecule has 0 saturated heterocycles. The van der Waals surface area contributed by atoms with Crippen LogP contribution in [-0.4, -0.2) is 30.6 Å². The van der Waals surface area contributed by atoms with Gasteiger partial charge >= 0.3 is 0 Å². The third-order valence-electron chi connectivity index (χ3n) is 4.66. The van der Waals surface area contributed by atoms with E-state index >= 15 is 0 Å². The Balaban J connectivity index is 1.96. The molecule has 1 N–H and O–H groups in total. The number of phenols is 1. The first-order valence-electron chi connectivity index (χ1n) is 8.69. The predicted molar refractivity (Wildman–Crippen MR) is 82.9 cm³/mol. The van der Waals surface area contributed by atoms with Crippen molar-refractivity contribution in [3.8, 4) is 22.6 Å². The summed E-state index contributed by atoms with van der Waals surface area (Å²) in [5, 5.41) is 10.6. The molecule has 21 heavy (non-hydrogen) atoms. The molecule has 3 nitrogen and oxygen atoms in total. The molecular formula is C18H19NO2. The third-order valence-corrected chi connectivity index (χ3v) is 4.66. The lowest BCUT2D eigenvalue weighted by Gasteiger charge is -2.39. The summed E-state index contributed by atoms with van der Waals surface area (Å²) in [5.41, 5.74) is 4.86. The molecule has 2 aromatic rings. The van der Waals surface area contributed by atoms with Crippen LogP contribution in [0.25, 0.3) is 11.1 Å². The number of methoxy groups -OCH3 is 1. The summed E-state index contributed by atoms with van der Waals surface area (Å²) in [5.74, 6) is 0.571. The van der Waals surface area contributed by atoms with Crippen LogP contribution in [0.15, 0.2) is 30.3 Å². The minimum atomic E-state index is -2.12. The van der Waals surface area contributed by atoms with Crippen LogP contribution in [-0.2, 0) is 12.8 Å². The highest BCUT2D eigenvalue weighted by Crippen LogP contribution is 2.50. The van der Waals surface area contributed by atoms with Crippen LogP contribution in [0.5, 0.6) is 11.5 Å². The first kappa shape index (κ1) is 9.85. The zero-order valence-corrected chi connectivity index (χ0v) is 11.9.